The van der Waals surface area contributed by atoms with Crippen molar-refractivity contribution < 1.29 is 32.2 Å². The number of esters is 1. The Morgan fingerprint density at radius 3 is 2.46 bits per heavy atom. The fourth-order valence-corrected chi connectivity index (χ4v) is 5.92. The van der Waals surface area contributed by atoms with Crippen molar-refractivity contribution in [3.05, 3.63) is 82.3 Å². The number of nitrogens with zero attached hydrogens (tertiary/aromatic N) is 3. The fourth-order valence-electron chi connectivity index (χ4n) is 4.80. The lowest BCUT2D eigenvalue weighted by Crippen LogP contribution is -2.19. The first kappa shape index (κ1) is 28.6. The zero-order valence-electron chi connectivity index (χ0n) is 22.1. The fraction of sp³-hybridized carbons (Fsp3) is 0.345. The lowest BCUT2D eigenvalue weighted by molar-refractivity contribution is -0.141. The average molecular weight is 585 g/mol. The summed E-state index contributed by atoms with van der Waals surface area (Å²) < 4.78 is 50.6. The van der Waals surface area contributed by atoms with Crippen molar-refractivity contribution in [2.75, 3.05) is 19.0 Å². The number of thiazole rings is 1. The van der Waals surface area contributed by atoms with Crippen LogP contribution in [0.5, 0.6) is 0 Å². The number of pyridine rings is 2. The largest absolute Gasteiger partial charge is 0.464 e. The van der Waals surface area contributed by atoms with Crippen LogP contribution in [-0.4, -0.2) is 40.5 Å². The molecular weight excluding hydrogens is 557 g/mol. The molecule has 1 aliphatic carbocycles. The number of carbonyl (C=O) groups excluding carboxylic acids is 2. The predicted octanol–water partition coefficient (Wildman–Crippen LogP) is 6.63. The zero-order valence-corrected chi connectivity index (χ0v) is 22.9. The molecule has 0 unspecified atom stereocenters. The van der Waals surface area contributed by atoms with Gasteiger partial charge in [0.1, 0.15) is 11.4 Å². The lowest BCUT2D eigenvalue weighted by atomic mass is 9.83. The number of halogens is 3. The van der Waals surface area contributed by atoms with E-state index in [1.165, 1.54) is 18.4 Å². The van der Waals surface area contributed by atoms with Gasteiger partial charge in [0.25, 0.3) is 5.91 Å². The molecule has 0 atom stereocenters. The Bertz CT molecular complexity index is 1540. The van der Waals surface area contributed by atoms with Crippen molar-refractivity contribution >= 4 is 39.2 Å². The van der Waals surface area contributed by atoms with Gasteiger partial charge in [-0.15, -0.1) is 11.3 Å². The molecule has 1 aromatic carbocycles. The summed E-state index contributed by atoms with van der Waals surface area (Å²) in [4.78, 5) is 37.7. The number of hydrogen-bond donors (Lipinski definition) is 1. The van der Waals surface area contributed by atoms with Crippen molar-refractivity contribution in [1.82, 2.24) is 15.0 Å². The van der Waals surface area contributed by atoms with E-state index < -0.39 is 29.4 Å². The molecule has 3 aromatic heterocycles. The van der Waals surface area contributed by atoms with Gasteiger partial charge in [0.15, 0.2) is 11.3 Å². The van der Waals surface area contributed by atoms with E-state index in [0.29, 0.717) is 29.5 Å². The molecule has 41 heavy (non-hydrogen) atoms. The van der Waals surface area contributed by atoms with E-state index in [0.717, 1.165) is 54.5 Å². The van der Waals surface area contributed by atoms with Crippen LogP contribution in [0.15, 0.2) is 54.6 Å². The summed E-state index contributed by atoms with van der Waals surface area (Å²) in [5.74, 6) is -1.03. The summed E-state index contributed by atoms with van der Waals surface area (Å²) in [6.45, 7) is 1.30. The van der Waals surface area contributed by atoms with E-state index in [-0.39, 0.29) is 17.3 Å². The Balaban J connectivity index is 1.28. The van der Waals surface area contributed by atoms with E-state index >= 15 is 0 Å². The Kier molecular flexibility index (Phi) is 8.60. The van der Waals surface area contributed by atoms with Gasteiger partial charge >= 0.3 is 12.1 Å². The third-order valence-corrected chi connectivity index (χ3v) is 8.11. The molecule has 0 aliphatic heterocycles. The first-order valence-corrected chi connectivity index (χ1v) is 13.9. The number of carbonyl (C=O) groups is 2. The standard InChI is InChI=1S/C29H27F3N4O4S/c1-39-28(38)24-21(34-26(37)20-8-5-9-23(33-20)29(30,31)32)14-22-25(35-24)36-27(41-22)19-12-10-18(11-13-19)16-40-15-17-6-3-2-4-7-17/h2-9,14,18-19H,10-13,15-16H2,1H3,(H,34,37). The zero-order chi connectivity index (χ0) is 29.0. The van der Waals surface area contributed by atoms with Crippen LogP contribution in [-0.2, 0) is 22.3 Å². The third kappa shape index (κ3) is 6.88. The minimum atomic E-state index is -4.71. The number of amides is 1. The van der Waals surface area contributed by atoms with Crippen LogP contribution < -0.4 is 5.32 Å². The van der Waals surface area contributed by atoms with Crippen molar-refractivity contribution in [1.29, 1.82) is 0 Å². The highest BCUT2D eigenvalue weighted by Crippen LogP contribution is 2.39. The quantitative estimate of drug-likeness (QED) is 0.232. The van der Waals surface area contributed by atoms with Gasteiger partial charge in [-0.2, -0.15) is 13.2 Å². The molecule has 12 heteroatoms. The number of hydrogen-bond acceptors (Lipinski definition) is 8. The number of rotatable bonds is 8. The molecule has 1 fully saturated rings. The number of benzene rings is 1. The van der Waals surface area contributed by atoms with Gasteiger partial charge in [-0.25, -0.2) is 19.7 Å². The van der Waals surface area contributed by atoms with E-state index in [1.54, 1.807) is 6.07 Å². The van der Waals surface area contributed by atoms with Crippen LogP contribution in [0.3, 0.4) is 0 Å². The summed E-state index contributed by atoms with van der Waals surface area (Å²) in [6.07, 6.45) is -0.827. The van der Waals surface area contributed by atoms with Gasteiger partial charge in [-0.3, -0.25) is 4.79 Å². The molecule has 3 heterocycles. The lowest BCUT2D eigenvalue weighted by Gasteiger charge is -2.27. The second-order valence-electron chi connectivity index (χ2n) is 9.83. The van der Waals surface area contributed by atoms with E-state index in [1.807, 2.05) is 30.3 Å². The summed E-state index contributed by atoms with van der Waals surface area (Å²) >= 11 is 1.42. The Morgan fingerprint density at radius 1 is 1.00 bits per heavy atom. The molecule has 1 aliphatic rings. The molecule has 5 rings (SSSR count). The smallest absolute Gasteiger partial charge is 0.433 e. The summed E-state index contributed by atoms with van der Waals surface area (Å²) in [6, 6.07) is 14.6. The van der Waals surface area contributed by atoms with Gasteiger partial charge < -0.3 is 14.8 Å². The van der Waals surface area contributed by atoms with Crippen molar-refractivity contribution in [3.63, 3.8) is 0 Å². The highest BCUT2D eigenvalue weighted by atomic mass is 32.1. The van der Waals surface area contributed by atoms with Gasteiger partial charge in [0.2, 0.25) is 0 Å². The maximum absolute atomic E-state index is 13.1. The molecule has 1 N–H and O–H groups in total. The number of nitrogens with one attached hydrogen (secondary N) is 1. The highest BCUT2D eigenvalue weighted by Gasteiger charge is 2.33. The van der Waals surface area contributed by atoms with E-state index in [4.69, 9.17) is 9.47 Å². The second-order valence-corrected chi connectivity index (χ2v) is 10.9. The monoisotopic (exact) mass is 584 g/mol. The Hall–Kier alpha value is -3.90. The Morgan fingerprint density at radius 2 is 1.76 bits per heavy atom. The van der Waals surface area contributed by atoms with Crippen LogP contribution in [0.25, 0.3) is 10.3 Å². The van der Waals surface area contributed by atoms with Crippen LogP contribution >= 0.6 is 11.3 Å². The van der Waals surface area contributed by atoms with E-state index in [2.05, 4.69) is 20.3 Å². The molecule has 1 amide bonds. The molecule has 214 valence electrons. The minimum Gasteiger partial charge on any atom is -0.464 e. The average Bonchev–Trinajstić information content (AvgIpc) is 3.40. The summed E-state index contributed by atoms with van der Waals surface area (Å²) in [5.41, 5.74) is -0.355. The predicted molar refractivity (Wildman–Crippen MR) is 147 cm³/mol. The van der Waals surface area contributed by atoms with Gasteiger partial charge in [0.05, 0.1) is 29.1 Å². The topological polar surface area (TPSA) is 103 Å². The van der Waals surface area contributed by atoms with Gasteiger partial charge in [-0.1, -0.05) is 36.4 Å². The molecule has 0 bridgehead atoms. The highest BCUT2D eigenvalue weighted by molar-refractivity contribution is 7.18. The molecular formula is C29H27F3N4O4S. The normalized spacial score (nSPS) is 17.4. The van der Waals surface area contributed by atoms with Crippen molar-refractivity contribution in [2.45, 2.75) is 44.4 Å². The summed E-state index contributed by atoms with van der Waals surface area (Å²) in [5, 5.41) is 3.36. The molecule has 8 nitrogen and oxygen atoms in total. The van der Waals surface area contributed by atoms with Crippen molar-refractivity contribution in [3.8, 4) is 0 Å². The van der Waals surface area contributed by atoms with Crippen LogP contribution in [0.4, 0.5) is 18.9 Å². The number of methoxy groups -OCH3 is 1. The molecule has 4 aromatic rings. The first-order valence-electron chi connectivity index (χ1n) is 13.1. The molecule has 0 spiro atoms. The number of alkyl halides is 3. The van der Waals surface area contributed by atoms with Crippen LogP contribution in [0.1, 0.15) is 68.8 Å². The van der Waals surface area contributed by atoms with Gasteiger partial charge in [0, 0.05) is 12.5 Å². The van der Waals surface area contributed by atoms with Crippen LogP contribution in [0.2, 0.25) is 0 Å². The second kappa shape index (κ2) is 12.3. The maximum Gasteiger partial charge on any atom is 0.433 e. The van der Waals surface area contributed by atoms with Gasteiger partial charge in [-0.05, 0) is 55.4 Å². The number of ether oxygens (including phenoxy) is 2. The number of fused-ring (bicyclic) bond motifs is 1. The number of aromatic nitrogens is 3. The molecule has 0 radical (unpaired) electrons. The van der Waals surface area contributed by atoms with Crippen LogP contribution in [0, 0.1) is 5.92 Å². The molecule has 0 saturated heterocycles. The summed E-state index contributed by atoms with van der Waals surface area (Å²) in [7, 11) is 1.17. The van der Waals surface area contributed by atoms with E-state index in [9.17, 15) is 22.8 Å². The SMILES string of the molecule is COC(=O)c1nc2nc(C3CCC(COCc4ccccc4)CC3)sc2cc1NC(=O)c1cccc(C(F)(F)F)n1. The van der Waals surface area contributed by atoms with Crippen molar-refractivity contribution in [2.24, 2.45) is 5.92 Å². The maximum atomic E-state index is 13.1. The first-order chi connectivity index (χ1) is 19.7. The Labute approximate surface area is 237 Å². The number of anilines is 1. The third-order valence-electron chi connectivity index (χ3n) is 6.96. The molecule has 1 saturated carbocycles. The minimum absolute atomic E-state index is 0.00281.